The van der Waals surface area contributed by atoms with Crippen LogP contribution in [-0.4, -0.2) is 9.97 Å². The lowest BCUT2D eigenvalue weighted by molar-refractivity contribution is 0.624. The van der Waals surface area contributed by atoms with Crippen LogP contribution in [0.25, 0.3) is 10.2 Å². The first kappa shape index (κ1) is 14.8. The number of hydrogen-bond acceptors (Lipinski definition) is 4. The van der Waals surface area contributed by atoms with E-state index in [4.69, 9.17) is 11.6 Å². The first-order chi connectivity index (χ1) is 10.2. The first-order valence-corrected chi connectivity index (χ1v) is 8.67. The molecule has 0 aliphatic rings. The maximum atomic E-state index is 13.1. The van der Waals surface area contributed by atoms with Gasteiger partial charge in [0, 0.05) is 15.2 Å². The molecule has 3 aromatic rings. The molecule has 0 unspecified atom stereocenters. The summed E-state index contributed by atoms with van der Waals surface area (Å²) in [5, 5.41) is 1.41. The zero-order chi connectivity index (χ0) is 14.8. The van der Waals surface area contributed by atoms with Crippen molar-refractivity contribution >= 4 is 44.9 Å². The third kappa shape index (κ3) is 3.36. The largest absolute Gasteiger partial charge is 0.221 e. The number of fused-ring (bicyclic) bond motifs is 1. The van der Waals surface area contributed by atoms with Crippen molar-refractivity contribution in [3.63, 3.8) is 0 Å². The first-order valence-electron chi connectivity index (χ1n) is 6.49. The highest BCUT2D eigenvalue weighted by Crippen LogP contribution is 2.30. The van der Waals surface area contributed by atoms with Crippen LogP contribution in [0, 0.1) is 5.82 Å². The van der Waals surface area contributed by atoms with Crippen LogP contribution < -0.4 is 0 Å². The Morgan fingerprint density at radius 2 is 2.14 bits per heavy atom. The number of rotatable bonds is 4. The normalized spacial score (nSPS) is 11.2. The lowest BCUT2D eigenvalue weighted by Crippen LogP contribution is -1.92. The van der Waals surface area contributed by atoms with Gasteiger partial charge in [0.2, 0.25) is 0 Å². The summed E-state index contributed by atoms with van der Waals surface area (Å²) in [7, 11) is 0. The molecule has 1 aromatic carbocycles. The van der Waals surface area contributed by atoms with Gasteiger partial charge in [-0.25, -0.2) is 14.4 Å². The number of hydrogen-bond donors (Lipinski definition) is 0. The van der Waals surface area contributed by atoms with E-state index < -0.39 is 0 Å². The SMILES string of the molecule is CCc1cc2c(Cl)nc(CSc3cccc(F)c3)nc2s1. The van der Waals surface area contributed by atoms with Gasteiger partial charge in [0.1, 0.15) is 21.6 Å². The average Bonchev–Trinajstić information content (AvgIpc) is 2.89. The highest BCUT2D eigenvalue weighted by molar-refractivity contribution is 7.98. The Morgan fingerprint density at radius 1 is 1.29 bits per heavy atom. The van der Waals surface area contributed by atoms with Gasteiger partial charge in [-0.3, -0.25) is 0 Å². The summed E-state index contributed by atoms with van der Waals surface area (Å²) in [5.41, 5.74) is 0. The number of benzene rings is 1. The summed E-state index contributed by atoms with van der Waals surface area (Å²) < 4.78 is 13.1. The van der Waals surface area contributed by atoms with Crippen molar-refractivity contribution < 1.29 is 4.39 Å². The molecule has 0 aliphatic heterocycles. The molecule has 2 heterocycles. The fraction of sp³-hybridized carbons (Fsp3) is 0.200. The van der Waals surface area contributed by atoms with E-state index in [1.165, 1.54) is 28.8 Å². The number of thiophene rings is 1. The monoisotopic (exact) mass is 338 g/mol. The summed E-state index contributed by atoms with van der Waals surface area (Å²) in [5.74, 6) is 1.00. The lowest BCUT2D eigenvalue weighted by atomic mass is 10.3. The molecule has 0 radical (unpaired) electrons. The number of aromatic nitrogens is 2. The molecule has 0 N–H and O–H groups in total. The van der Waals surface area contributed by atoms with E-state index in [2.05, 4.69) is 16.9 Å². The van der Waals surface area contributed by atoms with Gasteiger partial charge in [-0.2, -0.15) is 0 Å². The second kappa shape index (κ2) is 6.30. The molecule has 2 nitrogen and oxygen atoms in total. The van der Waals surface area contributed by atoms with Crippen molar-refractivity contribution in [3.05, 3.63) is 52.0 Å². The van der Waals surface area contributed by atoms with Crippen LogP contribution in [0.2, 0.25) is 5.15 Å². The van der Waals surface area contributed by atoms with E-state index in [0.29, 0.717) is 16.7 Å². The average molecular weight is 339 g/mol. The van der Waals surface area contributed by atoms with Crippen molar-refractivity contribution in [1.29, 1.82) is 0 Å². The number of thioether (sulfide) groups is 1. The number of aryl methyl sites for hydroxylation is 1. The van der Waals surface area contributed by atoms with Crippen LogP contribution in [0.4, 0.5) is 4.39 Å². The van der Waals surface area contributed by atoms with E-state index >= 15 is 0 Å². The quantitative estimate of drug-likeness (QED) is 0.474. The summed E-state index contributed by atoms with van der Waals surface area (Å²) in [4.78, 5) is 11.9. The molecule has 3 rings (SSSR count). The zero-order valence-corrected chi connectivity index (χ0v) is 13.7. The Bertz CT molecular complexity index is 788. The Morgan fingerprint density at radius 3 is 2.90 bits per heavy atom. The minimum absolute atomic E-state index is 0.236. The molecular weight excluding hydrogens is 327 g/mol. The van der Waals surface area contributed by atoms with Crippen LogP contribution >= 0.6 is 34.7 Å². The minimum atomic E-state index is -0.236. The predicted molar refractivity (Wildman–Crippen MR) is 87.8 cm³/mol. The molecule has 6 heteroatoms. The molecule has 0 spiro atoms. The lowest BCUT2D eigenvalue weighted by Gasteiger charge is -2.02. The van der Waals surface area contributed by atoms with Gasteiger partial charge in [0.25, 0.3) is 0 Å². The molecule has 21 heavy (non-hydrogen) atoms. The molecule has 0 amide bonds. The van der Waals surface area contributed by atoms with Gasteiger partial charge in [0.15, 0.2) is 0 Å². The zero-order valence-electron chi connectivity index (χ0n) is 11.3. The van der Waals surface area contributed by atoms with Crippen molar-refractivity contribution in [2.24, 2.45) is 0 Å². The number of nitrogens with zero attached hydrogens (tertiary/aromatic N) is 2. The van der Waals surface area contributed by atoms with Crippen LogP contribution in [-0.2, 0) is 12.2 Å². The molecule has 2 aromatic heterocycles. The Hall–Kier alpha value is -1.17. The maximum absolute atomic E-state index is 13.1. The molecule has 0 saturated carbocycles. The van der Waals surface area contributed by atoms with E-state index in [1.54, 1.807) is 17.4 Å². The van der Waals surface area contributed by atoms with E-state index in [1.807, 2.05) is 12.1 Å². The van der Waals surface area contributed by atoms with E-state index in [0.717, 1.165) is 21.5 Å². The second-order valence-electron chi connectivity index (χ2n) is 4.46. The summed E-state index contributed by atoms with van der Waals surface area (Å²) in [6.07, 6.45) is 0.963. The molecule has 0 fully saturated rings. The van der Waals surface area contributed by atoms with Gasteiger partial charge in [-0.15, -0.1) is 23.1 Å². The smallest absolute Gasteiger partial charge is 0.142 e. The summed E-state index contributed by atoms with van der Waals surface area (Å²) in [6, 6.07) is 8.55. The predicted octanol–water partition coefficient (Wildman–Crippen LogP) is 5.34. The molecule has 0 saturated heterocycles. The molecule has 0 bridgehead atoms. The van der Waals surface area contributed by atoms with Crippen LogP contribution in [0.5, 0.6) is 0 Å². The van der Waals surface area contributed by atoms with Crippen molar-refractivity contribution in [1.82, 2.24) is 9.97 Å². The Kier molecular flexibility index (Phi) is 4.42. The van der Waals surface area contributed by atoms with Crippen LogP contribution in [0.15, 0.2) is 35.2 Å². The van der Waals surface area contributed by atoms with Gasteiger partial charge in [0.05, 0.1) is 5.75 Å². The summed E-state index contributed by atoms with van der Waals surface area (Å²) >= 11 is 9.37. The van der Waals surface area contributed by atoms with Crippen molar-refractivity contribution in [2.45, 2.75) is 24.0 Å². The van der Waals surface area contributed by atoms with E-state index in [-0.39, 0.29) is 5.82 Å². The minimum Gasteiger partial charge on any atom is -0.221 e. The fourth-order valence-corrected chi connectivity index (χ4v) is 4.00. The molecule has 0 atom stereocenters. The third-order valence-corrected chi connectivity index (χ3v) is 5.41. The van der Waals surface area contributed by atoms with E-state index in [9.17, 15) is 4.39 Å². The van der Waals surface area contributed by atoms with Crippen molar-refractivity contribution in [2.75, 3.05) is 0 Å². The van der Waals surface area contributed by atoms with Crippen molar-refractivity contribution in [3.8, 4) is 0 Å². The van der Waals surface area contributed by atoms with Gasteiger partial charge < -0.3 is 0 Å². The topological polar surface area (TPSA) is 25.8 Å². The van der Waals surface area contributed by atoms with Crippen LogP contribution in [0.3, 0.4) is 0 Å². The molecule has 0 aliphatic carbocycles. The Labute approximate surface area is 135 Å². The van der Waals surface area contributed by atoms with Gasteiger partial charge in [-0.05, 0) is 30.7 Å². The third-order valence-electron chi connectivity index (χ3n) is 2.96. The van der Waals surface area contributed by atoms with Gasteiger partial charge in [-0.1, -0.05) is 24.6 Å². The second-order valence-corrected chi connectivity index (χ2v) is 6.98. The molecule has 108 valence electrons. The standard InChI is InChI=1S/C15H12ClFN2S2/c1-2-10-7-12-14(16)18-13(19-15(12)21-10)8-20-11-5-3-4-9(17)6-11/h3-7H,2,8H2,1H3. The summed E-state index contributed by atoms with van der Waals surface area (Å²) in [6.45, 7) is 2.10. The molecular formula is C15H12ClFN2S2. The maximum Gasteiger partial charge on any atom is 0.142 e. The fourth-order valence-electron chi connectivity index (χ4n) is 1.92. The highest BCUT2D eigenvalue weighted by Gasteiger charge is 2.10. The Balaban J connectivity index is 1.84. The number of halogens is 2. The van der Waals surface area contributed by atoms with Crippen LogP contribution in [0.1, 0.15) is 17.6 Å². The van der Waals surface area contributed by atoms with Gasteiger partial charge >= 0.3 is 0 Å². The highest BCUT2D eigenvalue weighted by atomic mass is 35.5.